The lowest BCUT2D eigenvalue weighted by molar-refractivity contribution is 0.694. The van der Waals surface area contributed by atoms with Crippen LogP contribution in [0.25, 0.3) is 0 Å². The Bertz CT molecular complexity index is 490. The highest BCUT2D eigenvalue weighted by Crippen LogP contribution is 2.22. The zero-order chi connectivity index (χ0) is 11.0. The molecule has 4 heteroatoms. The molecule has 2 heterocycles. The molecule has 1 N–H and O–H groups in total. The molecule has 0 saturated heterocycles. The second kappa shape index (κ2) is 3.87. The molecule has 3 rings (SSSR count). The van der Waals surface area contributed by atoms with Crippen molar-refractivity contribution in [2.75, 3.05) is 0 Å². The highest BCUT2D eigenvalue weighted by atomic mass is 79.9. The first-order chi connectivity index (χ1) is 7.83. The predicted octanol–water partition coefficient (Wildman–Crippen LogP) is 2.02. The summed E-state index contributed by atoms with van der Waals surface area (Å²) in [4.78, 5) is 8.73. The fraction of sp³-hybridized carbons (Fsp3) is 0.167. The number of aromatic nitrogens is 1. The number of nitrogens with one attached hydrogen (secondary N) is 1. The topological polar surface area (TPSA) is 37.3 Å². The molecule has 1 aliphatic heterocycles. The van der Waals surface area contributed by atoms with Crippen LogP contribution in [0.1, 0.15) is 5.56 Å². The Kier molecular flexibility index (Phi) is 2.36. The number of nitrogens with zero attached hydrogens (tertiary/aromatic N) is 2. The molecule has 0 radical (unpaired) electrons. The number of halogens is 1. The van der Waals surface area contributed by atoms with Gasteiger partial charge < -0.3 is 5.32 Å². The van der Waals surface area contributed by atoms with Gasteiger partial charge in [0.1, 0.15) is 5.84 Å². The molecule has 1 aromatic heterocycles. The molecule has 16 heavy (non-hydrogen) atoms. The average Bonchev–Trinajstić information content (AvgIpc) is 2.73. The highest BCUT2D eigenvalue weighted by molar-refractivity contribution is 9.11. The lowest BCUT2D eigenvalue weighted by atomic mass is 10.1. The number of aliphatic imine (C=N–C) groups is 1. The van der Waals surface area contributed by atoms with Crippen molar-refractivity contribution < 1.29 is 0 Å². The van der Waals surface area contributed by atoms with Gasteiger partial charge in [-0.05, 0) is 18.2 Å². The number of hydrogen-bond acceptors (Lipinski definition) is 3. The van der Waals surface area contributed by atoms with E-state index in [1.807, 2.05) is 24.4 Å². The van der Waals surface area contributed by atoms with Crippen LogP contribution in [0.5, 0.6) is 0 Å². The zero-order valence-electron chi connectivity index (χ0n) is 8.47. The third-order valence-electron chi connectivity index (χ3n) is 2.68. The Morgan fingerprint density at radius 2 is 2.31 bits per heavy atom. The number of allylic oxidation sites excluding steroid dienone is 2. The first-order valence-electron chi connectivity index (χ1n) is 5.13. The molecule has 0 fully saturated rings. The average molecular weight is 276 g/mol. The van der Waals surface area contributed by atoms with Gasteiger partial charge in [-0.25, -0.2) is 0 Å². The van der Waals surface area contributed by atoms with Crippen LogP contribution < -0.4 is 5.32 Å². The quantitative estimate of drug-likeness (QED) is 0.852. The van der Waals surface area contributed by atoms with Crippen LogP contribution in [0, 0.1) is 0 Å². The van der Waals surface area contributed by atoms with E-state index >= 15 is 0 Å². The number of fused-ring (bicyclic) bond motifs is 1. The Morgan fingerprint density at radius 3 is 3.12 bits per heavy atom. The number of pyridine rings is 1. The van der Waals surface area contributed by atoms with Gasteiger partial charge in [-0.3, -0.25) is 9.98 Å². The van der Waals surface area contributed by atoms with Crippen molar-refractivity contribution in [3.63, 3.8) is 0 Å². The van der Waals surface area contributed by atoms with Gasteiger partial charge in [0.25, 0.3) is 0 Å². The molecular weight excluding hydrogens is 266 g/mol. The summed E-state index contributed by atoms with van der Waals surface area (Å²) < 4.78 is 1.10. The van der Waals surface area contributed by atoms with Crippen LogP contribution in [0.3, 0.4) is 0 Å². The van der Waals surface area contributed by atoms with Crippen LogP contribution >= 0.6 is 15.9 Å². The number of rotatable bonds is 1. The van der Waals surface area contributed by atoms with E-state index in [2.05, 4.69) is 43.4 Å². The fourth-order valence-corrected chi connectivity index (χ4v) is 2.33. The summed E-state index contributed by atoms with van der Waals surface area (Å²) in [6.07, 6.45) is 9.87. The van der Waals surface area contributed by atoms with Crippen LogP contribution in [-0.4, -0.2) is 22.9 Å². The second-order valence-corrected chi connectivity index (χ2v) is 4.71. The Labute approximate surface area is 102 Å². The molecule has 3 nitrogen and oxygen atoms in total. The maximum absolute atomic E-state index is 4.63. The van der Waals surface area contributed by atoms with Gasteiger partial charge in [0, 0.05) is 22.4 Å². The summed E-state index contributed by atoms with van der Waals surface area (Å²) in [6, 6.07) is 4.40. The Hall–Kier alpha value is -1.42. The van der Waals surface area contributed by atoms with Crippen molar-refractivity contribution in [3.05, 3.63) is 52.8 Å². The van der Waals surface area contributed by atoms with Crippen molar-refractivity contribution in [2.45, 2.75) is 12.1 Å². The van der Waals surface area contributed by atoms with E-state index in [0.29, 0.717) is 0 Å². The number of hydrogen-bond donors (Lipinski definition) is 1. The summed E-state index contributed by atoms with van der Waals surface area (Å²) >= 11 is 3.47. The van der Waals surface area contributed by atoms with Gasteiger partial charge in [0.05, 0.1) is 12.1 Å². The second-order valence-electron chi connectivity index (χ2n) is 3.79. The van der Waals surface area contributed by atoms with Crippen LogP contribution in [0.2, 0.25) is 0 Å². The van der Waals surface area contributed by atoms with E-state index in [0.717, 1.165) is 15.9 Å². The largest absolute Gasteiger partial charge is 0.361 e. The van der Waals surface area contributed by atoms with E-state index in [4.69, 9.17) is 0 Å². The maximum atomic E-state index is 4.63. The SMILES string of the molecule is BrC1=CC2NC(c3cccnc3)=NC2C=C1. The minimum absolute atomic E-state index is 0.205. The molecule has 80 valence electrons. The smallest absolute Gasteiger partial charge is 0.131 e. The zero-order valence-corrected chi connectivity index (χ0v) is 10.1. The molecule has 0 aromatic carbocycles. The highest BCUT2D eigenvalue weighted by Gasteiger charge is 2.27. The van der Waals surface area contributed by atoms with Gasteiger partial charge in [-0.15, -0.1) is 0 Å². The molecule has 0 saturated carbocycles. The third kappa shape index (κ3) is 1.69. The number of amidine groups is 1. The minimum atomic E-state index is 0.205. The van der Waals surface area contributed by atoms with Gasteiger partial charge in [-0.1, -0.05) is 28.1 Å². The molecule has 2 atom stereocenters. The summed E-state index contributed by atoms with van der Waals surface area (Å²) in [5.74, 6) is 0.922. The third-order valence-corrected chi connectivity index (χ3v) is 3.20. The minimum Gasteiger partial charge on any atom is -0.361 e. The summed E-state index contributed by atoms with van der Waals surface area (Å²) in [5, 5.41) is 3.39. The summed E-state index contributed by atoms with van der Waals surface area (Å²) in [6.45, 7) is 0. The monoisotopic (exact) mass is 275 g/mol. The van der Waals surface area contributed by atoms with Crippen molar-refractivity contribution in [3.8, 4) is 0 Å². The molecule has 0 amide bonds. The van der Waals surface area contributed by atoms with E-state index in [1.165, 1.54) is 0 Å². The van der Waals surface area contributed by atoms with E-state index in [9.17, 15) is 0 Å². The fourth-order valence-electron chi connectivity index (χ4n) is 1.89. The molecule has 1 aromatic rings. The van der Waals surface area contributed by atoms with Gasteiger partial charge in [-0.2, -0.15) is 0 Å². The van der Waals surface area contributed by atoms with Gasteiger partial charge >= 0.3 is 0 Å². The normalized spacial score (nSPS) is 26.8. The molecular formula is C12H10BrN3. The van der Waals surface area contributed by atoms with E-state index in [-0.39, 0.29) is 12.1 Å². The van der Waals surface area contributed by atoms with Crippen LogP contribution in [-0.2, 0) is 0 Å². The van der Waals surface area contributed by atoms with Crippen molar-refractivity contribution in [1.82, 2.24) is 10.3 Å². The van der Waals surface area contributed by atoms with E-state index in [1.54, 1.807) is 6.20 Å². The first-order valence-corrected chi connectivity index (χ1v) is 5.92. The van der Waals surface area contributed by atoms with Crippen molar-refractivity contribution >= 4 is 21.8 Å². The lowest BCUT2D eigenvalue weighted by Gasteiger charge is -2.15. The van der Waals surface area contributed by atoms with Crippen molar-refractivity contribution in [1.29, 1.82) is 0 Å². The Morgan fingerprint density at radius 1 is 1.38 bits per heavy atom. The van der Waals surface area contributed by atoms with Gasteiger partial charge in [0.15, 0.2) is 0 Å². The molecule has 0 spiro atoms. The first kappa shape index (κ1) is 9.78. The van der Waals surface area contributed by atoms with E-state index < -0.39 is 0 Å². The van der Waals surface area contributed by atoms with Crippen molar-refractivity contribution in [2.24, 2.45) is 4.99 Å². The Balaban J connectivity index is 1.90. The lowest BCUT2D eigenvalue weighted by Crippen LogP contribution is -2.33. The molecule has 2 aliphatic rings. The standard InChI is InChI=1S/C12H10BrN3/c13-9-3-4-10-11(6-9)16-12(15-10)8-2-1-5-14-7-8/h1-7,10-11H,(H,15,16). The van der Waals surface area contributed by atoms with Crippen LogP contribution in [0.4, 0.5) is 0 Å². The summed E-state index contributed by atoms with van der Waals surface area (Å²) in [7, 11) is 0. The molecule has 2 unspecified atom stereocenters. The summed E-state index contributed by atoms with van der Waals surface area (Å²) in [5.41, 5.74) is 1.04. The van der Waals surface area contributed by atoms with Crippen LogP contribution in [0.15, 0.2) is 52.2 Å². The molecule has 0 bridgehead atoms. The predicted molar refractivity (Wildman–Crippen MR) is 67.6 cm³/mol. The molecule has 1 aliphatic carbocycles. The maximum Gasteiger partial charge on any atom is 0.131 e. The van der Waals surface area contributed by atoms with Gasteiger partial charge in [0.2, 0.25) is 0 Å².